The predicted octanol–water partition coefficient (Wildman–Crippen LogP) is 4.89. The minimum absolute atomic E-state index is 0. The maximum absolute atomic E-state index is 6.25. The molecule has 0 N–H and O–H groups in total. The highest BCUT2D eigenvalue weighted by Gasteiger charge is 2.09. The lowest BCUT2D eigenvalue weighted by molar-refractivity contribution is 0.403. The highest BCUT2D eigenvalue weighted by molar-refractivity contribution is 6.33. The monoisotopic (exact) mass is 352 g/mol. The van der Waals surface area contributed by atoms with Gasteiger partial charge in [0, 0.05) is 23.7 Å². The van der Waals surface area contributed by atoms with Crippen molar-refractivity contribution in [3.8, 4) is 0 Å². The quantitative estimate of drug-likeness (QED) is 0.638. The molecule has 0 atom stereocenters. The van der Waals surface area contributed by atoms with Gasteiger partial charge in [0.15, 0.2) is 0 Å². The second-order valence-electron chi connectivity index (χ2n) is 6.02. The molecule has 0 saturated carbocycles. The second kappa shape index (κ2) is 10.6. The molecule has 126 valence electrons. The van der Waals surface area contributed by atoms with Gasteiger partial charge in [0.2, 0.25) is 0 Å². The fourth-order valence-corrected chi connectivity index (χ4v) is 2.83. The van der Waals surface area contributed by atoms with E-state index in [1.54, 1.807) is 0 Å². The molecular formula is C19H26Cl2N2. The Kier molecular flexibility index (Phi) is 9.23. The van der Waals surface area contributed by atoms with Crippen molar-refractivity contribution in [3.05, 3.63) is 58.7 Å². The van der Waals surface area contributed by atoms with E-state index < -0.39 is 0 Å². The van der Waals surface area contributed by atoms with Gasteiger partial charge in [0.1, 0.15) is 0 Å². The molecule has 23 heavy (non-hydrogen) atoms. The average molecular weight is 353 g/mol. The maximum Gasteiger partial charge on any atom is 0.0423 e. The van der Waals surface area contributed by atoms with Crippen LogP contribution in [0.5, 0.6) is 0 Å². The van der Waals surface area contributed by atoms with Crippen LogP contribution in [0.1, 0.15) is 24.8 Å². The van der Waals surface area contributed by atoms with E-state index in [1.807, 2.05) is 6.08 Å². The normalized spacial score (nSPS) is 16.1. The van der Waals surface area contributed by atoms with Crippen molar-refractivity contribution in [2.24, 2.45) is 4.99 Å². The molecule has 0 saturated heterocycles. The Labute approximate surface area is 151 Å². The number of hydrogen-bond donors (Lipinski definition) is 0. The van der Waals surface area contributed by atoms with Crippen molar-refractivity contribution in [1.29, 1.82) is 0 Å². The highest BCUT2D eigenvalue weighted by Crippen LogP contribution is 2.22. The van der Waals surface area contributed by atoms with E-state index in [-0.39, 0.29) is 12.4 Å². The topological polar surface area (TPSA) is 15.6 Å². The summed E-state index contributed by atoms with van der Waals surface area (Å²) in [7, 11) is 4.18. The number of allylic oxidation sites excluding steroid dienone is 4. The van der Waals surface area contributed by atoms with Crippen LogP contribution in [0.4, 0.5) is 0 Å². The molecule has 0 fully saturated rings. The first-order chi connectivity index (χ1) is 10.6. The van der Waals surface area contributed by atoms with Crippen LogP contribution in [0.3, 0.4) is 0 Å². The van der Waals surface area contributed by atoms with Crippen molar-refractivity contribution in [1.82, 2.24) is 4.90 Å². The van der Waals surface area contributed by atoms with E-state index in [4.69, 9.17) is 16.6 Å². The van der Waals surface area contributed by atoms with Crippen LogP contribution < -0.4 is 0 Å². The first kappa shape index (κ1) is 20.0. The number of aryl methyl sites for hydroxylation is 1. The minimum atomic E-state index is 0. The molecular weight excluding hydrogens is 327 g/mol. The lowest BCUT2D eigenvalue weighted by atomic mass is 9.96. The van der Waals surface area contributed by atoms with Crippen LogP contribution in [0.25, 0.3) is 0 Å². The first-order valence-electron chi connectivity index (χ1n) is 7.92. The first-order valence-corrected chi connectivity index (χ1v) is 8.30. The van der Waals surface area contributed by atoms with Crippen molar-refractivity contribution in [2.75, 3.05) is 27.2 Å². The van der Waals surface area contributed by atoms with E-state index in [0.717, 1.165) is 49.5 Å². The van der Waals surface area contributed by atoms with Gasteiger partial charge < -0.3 is 4.90 Å². The lowest BCUT2D eigenvalue weighted by Gasteiger charge is -2.14. The molecule has 0 amide bonds. The van der Waals surface area contributed by atoms with Crippen molar-refractivity contribution in [3.63, 3.8) is 0 Å². The third-order valence-electron chi connectivity index (χ3n) is 3.71. The summed E-state index contributed by atoms with van der Waals surface area (Å²) in [6, 6.07) is 10.6. The SMILES string of the molecule is CN(C)CCCN=C1C=C(Cl)C=C(CCc2ccccc2)C1.Cl. The molecule has 1 aliphatic carbocycles. The molecule has 2 nitrogen and oxygen atoms in total. The molecule has 0 aromatic heterocycles. The Bertz CT molecular complexity index is 560. The van der Waals surface area contributed by atoms with Crippen molar-refractivity contribution in [2.45, 2.75) is 25.7 Å². The zero-order chi connectivity index (χ0) is 15.8. The lowest BCUT2D eigenvalue weighted by Crippen LogP contribution is -2.14. The van der Waals surface area contributed by atoms with E-state index in [1.165, 1.54) is 11.1 Å². The molecule has 0 radical (unpaired) electrons. The van der Waals surface area contributed by atoms with Gasteiger partial charge >= 0.3 is 0 Å². The summed E-state index contributed by atoms with van der Waals surface area (Å²) in [6.07, 6.45) is 8.23. The van der Waals surface area contributed by atoms with Crippen molar-refractivity contribution < 1.29 is 0 Å². The van der Waals surface area contributed by atoms with Gasteiger partial charge in [-0.15, -0.1) is 12.4 Å². The molecule has 0 heterocycles. The predicted molar refractivity (Wildman–Crippen MR) is 104 cm³/mol. The Morgan fingerprint density at radius 2 is 1.83 bits per heavy atom. The largest absolute Gasteiger partial charge is 0.309 e. The summed E-state index contributed by atoms with van der Waals surface area (Å²) in [5.74, 6) is 0. The molecule has 2 rings (SSSR count). The van der Waals surface area contributed by atoms with Crippen molar-refractivity contribution >= 4 is 29.7 Å². The molecule has 1 aromatic carbocycles. The van der Waals surface area contributed by atoms with Gasteiger partial charge in [0.25, 0.3) is 0 Å². The molecule has 4 heteroatoms. The standard InChI is InChI=1S/C19H25ClN2.ClH/c1-22(2)12-6-11-21-19-14-17(13-18(20)15-19)10-9-16-7-4-3-5-8-16;/h3-5,7-8,13,15H,6,9-12,14H2,1-2H3;1H. The van der Waals surface area contributed by atoms with E-state index in [0.29, 0.717) is 0 Å². The fraction of sp³-hybridized carbons (Fsp3) is 0.421. The highest BCUT2D eigenvalue weighted by atomic mass is 35.5. The van der Waals surface area contributed by atoms with Gasteiger partial charge in [-0.2, -0.15) is 0 Å². The van der Waals surface area contributed by atoms with Gasteiger partial charge in [0.05, 0.1) is 0 Å². The number of nitrogens with zero attached hydrogens (tertiary/aromatic N) is 2. The van der Waals surface area contributed by atoms with Gasteiger partial charge in [-0.1, -0.05) is 47.5 Å². The Hall–Kier alpha value is -1.09. The van der Waals surface area contributed by atoms with Crippen LogP contribution in [0, 0.1) is 0 Å². The Morgan fingerprint density at radius 1 is 1.09 bits per heavy atom. The number of aliphatic imine (C=N–C) groups is 1. The fourth-order valence-electron chi connectivity index (χ4n) is 2.55. The van der Waals surface area contributed by atoms with Gasteiger partial charge in [-0.05, 0) is 57.6 Å². The summed E-state index contributed by atoms with van der Waals surface area (Å²) in [4.78, 5) is 6.89. The minimum Gasteiger partial charge on any atom is -0.309 e. The maximum atomic E-state index is 6.25. The van der Waals surface area contributed by atoms with Crippen LogP contribution in [0.15, 0.2) is 58.1 Å². The van der Waals surface area contributed by atoms with E-state index >= 15 is 0 Å². The average Bonchev–Trinajstić information content (AvgIpc) is 2.50. The summed E-state index contributed by atoms with van der Waals surface area (Å²) in [6.45, 7) is 1.95. The van der Waals surface area contributed by atoms with Gasteiger partial charge in [-0.3, -0.25) is 4.99 Å². The zero-order valence-corrected chi connectivity index (χ0v) is 15.5. The third kappa shape index (κ3) is 7.83. The number of hydrogen-bond acceptors (Lipinski definition) is 2. The molecule has 0 bridgehead atoms. The van der Waals surface area contributed by atoms with E-state index in [2.05, 4.69) is 55.4 Å². The number of halogens is 2. The Morgan fingerprint density at radius 3 is 2.52 bits per heavy atom. The smallest absolute Gasteiger partial charge is 0.0423 e. The molecule has 1 aliphatic rings. The molecule has 0 spiro atoms. The van der Waals surface area contributed by atoms with Crippen LogP contribution >= 0.6 is 24.0 Å². The van der Waals surface area contributed by atoms with Crippen LogP contribution in [0.2, 0.25) is 0 Å². The number of rotatable bonds is 7. The molecule has 0 unspecified atom stereocenters. The summed E-state index contributed by atoms with van der Waals surface area (Å²) >= 11 is 6.25. The third-order valence-corrected chi connectivity index (χ3v) is 3.93. The summed E-state index contributed by atoms with van der Waals surface area (Å²) < 4.78 is 0. The second-order valence-corrected chi connectivity index (χ2v) is 6.46. The van der Waals surface area contributed by atoms with E-state index in [9.17, 15) is 0 Å². The molecule has 0 aliphatic heterocycles. The van der Waals surface area contributed by atoms with Crippen LogP contribution in [-0.2, 0) is 6.42 Å². The Balaban J connectivity index is 0.00000264. The summed E-state index contributed by atoms with van der Waals surface area (Å²) in [5, 5.41) is 0.806. The number of benzene rings is 1. The molecule has 1 aromatic rings. The summed E-state index contributed by atoms with van der Waals surface area (Å²) in [5.41, 5.74) is 3.87. The van der Waals surface area contributed by atoms with Gasteiger partial charge in [-0.25, -0.2) is 0 Å². The zero-order valence-electron chi connectivity index (χ0n) is 14.0. The van der Waals surface area contributed by atoms with Crippen LogP contribution in [-0.4, -0.2) is 37.8 Å².